The number of carbonyl (C=O) groups excluding carboxylic acids is 2. The number of likely N-dealkylation sites (tertiary alicyclic amines) is 1. The van der Waals surface area contributed by atoms with Crippen molar-refractivity contribution < 1.29 is 19.4 Å². The monoisotopic (exact) mass is 348 g/mol. The van der Waals surface area contributed by atoms with Gasteiger partial charge in [-0.3, -0.25) is 9.69 Å². The third kappa shape index (κ3) is 4.72. The van der Waals surface area contributed by atoms with Crippen LogP contribution in [-0.2, 0) is 9.53 Å². The summed E-state index contributed by atoms with van der Waals surface area (Å²) in [6.07, 6.45) is -1.07. The molecule has 1 aromatic carbocycles. The zero-order valence-electron chi connectivity index (χ0n) is 15.7. The average molecular weight is 348 g/mol. The number of rotatable bonds is 3. The summed E-state index contributed by atoms with van der Waals surface area (Å²) in [6, 6.07) is 6.96. The Kier molecular flexibility index (Phi) is 5.72. The average Bonchev–Trinajstić information content (AvgIpc) is 2.88. The molecule has 2 amide bonds. The predicted molar refractivity (Wildman–Crippen MR) is 96.6 cm³/mol. The fourth-order valence-corrected chi connectivity index (χ4v) is 3.01. The van der Waals surface area contributed by atoms with Crippen molar-refractivity contribution in [3.63, 3.8) is 0 Å². The topological polar surface area (TPSA) is 70.1 Å². The first-order valence-electron chi connectivity index (χ1n) is 8.68. The Labute approximate surface area is 149 Å². The van der Waals surface area contributed by atoms with Crippen LogP contribution in [0.25, 0.3) is 0 Å². The molecule has 0 radical (unpaired) electrons. The third-order valence-corrected chi connectivity index (χ3v) is 4.09. The number of hydrogen-bond donors (Lipinski definition) is 1. The number of aliphatic hydroxyl groups is 1. The highest BCUT2D eigenvalue weighted by Gasteiger charge is 2.42. The number of amides is 2. The Balaban J connectivity index is 2.23. The molecule has 25 heavy (non-hydrogen) atoms. The van der Waals surface area contributed by atoms with Gasteiger partial charge in [0.2, 0.25) is 5.91 Å². The first-order chi connectivity index (χ1) is 11.6. The molecule has 0 aromatic heterocycles. The second-order valence-electron chi connectivity index (χ2n) is 7.46. The van der Waals surface area contributed by atoms with Gasteiger partial charge in [-0.2, -0.15) is 0 Å². The minimum absolute atomic E-state index is 0.108. The Hall–Kier alpha value is -2.08. The number of carbonyl (C=O) groups is 2. The number of nitrogens with zero attached hydrogens (tertiary/aromatic N) is 2. The molecular weight excluding hydrogens is 320 g/mol. The van der Waals surface area contributed by atoms with Crippen LogP contribution in [-0.4, -0.2) is 52.8 Å². The highest BCUT2D eigenvalue weighted by molar-refractivity contribution is 5.99. The maximum absolute atomic E-state index is 13.1. The van der Waals surface area contributed by atoms with Crippen molar-refractivity contribution in [2.45, 2.75) is 58.8 Å². The van der Waals surface area contributed by atoms with Gasteiger partial charge in [-0.25, -0.2) is 4.79 Å². The quantitative estimate of drug-likeness (QED) is 0.912. The summed E-state index contributed by atoms with van der Waals surface area (Å²) in [4.78, 5) is 28.5. The second kappa shape index (κ2) is 7.44. The summed E-state index contributed by atoms with van der Waals surface area (Å²) >= 11 is 0. The van der Waals surface area contributed by atoms with E-state index < -0.39 is 23.8 Å². The van der Waals surface area contributed by atoms with E-state index in [1.807, 2.05) is 38.1 Å². The van der Waals surface area contributed by atoms with Crippen LogP contribution in [0, 0.1) is 6.92 Å². The number of benzene rings is 1. The summed E-state index contributed by atoms with van der Waals surface area (Å²) in [5.41, 5.74) is 1.19. The fraction of sp³-hybridized carbons (Fsp3) is 0.579. The predicted octanol–water partition coefficient (Wildman–Crippen LogP) is 2.72. The molecule has 0 aliphatic carbocycles. The van der Waals surface area contributed by atoms with Crippen molar-refractivity contribution in [3.05, 3.63) is 29.8 Å². The fourth-order valence-electron chi connectivity index (χ4n) is 3.01. The lowest BCUT2D eigenvalue weighted by Crippen LogP contribution is -2.49. The van der Waals surface area contributed by atoms with Gasteiger partial charge in [-0.15, -0.1) is 0 Å². The smallest absolute Gasteiger partial charge is 0.411 e. The molecule has 6 nitrogen and oxygen atoms in total. The normalized spacial score (nSPS) is 20.5. The third-order valence-electron chi connectivity index (χ3n) is 4.09. The van der Waals surface area contributed by atoms with E-state index in [2.05, 4.69) is 0 Å². The van der Waals surface area contributed by atoms with E-state index in [0.717, 1.165) is 11.3 Å². The van der Waals surface area contributed by atoms with Crippen molar-refractivity contribution in [2.75, 3.05) is 18.0 Å². The van der Waals surface area contributed by atoms with E-state index in [1.165, 1.54) is 4.90 Å². The molecule has 2 atom stereocenters. The van der Waals surface area contributed by atoms with E-state index in [-0.39, 0.29) is 18.9 Å². The number of aryl methyl sites for hydroxylation is 1. The number of likely N-dealkylation sites (N-methyl/N-ethyl adjacent to an activating group) is 1. The number of ether oxygens (including phenoxy) is 1. The van der Waals surface area contributed by atoms with Crippen LogP contribution in [0.15, 0.2) is 24.3 Å². The molecule has 1 aliphatic rings. The lowest BCUT2D eigenvalue weighted by atomic mass is 10.1. The highest BCUT2D eigenvalue weighted by Crippen LogP contribution is 2.25. The van der Waals surface area contributed by atoms with Gasteiger partial charge >= 0.3 is 6.09 Å². The number of β-amino-alcohol motifs (C(OH)–C–C–N with tert-alkyl or cyclic N) is 1. The summed E-state index contributed by atoms with van der Waals surface area (Å²) < 4.78 is 5.39. The van der Waals surface area contributed by atoms with E-state index in [4.69, 9.17) is 4.74 Å². The molecule has 0 bridgehead atoms. The maximum atomic E-state index is 13.1. The van der Waals surface area contributed by atoms with E-state index in [1.54, 1.807) is 25.7 Å². The Morgan fingerprint density at radius 3 is 2.60 bits per heavy atom. The van der Waals surface area contributed by atoms with E-state index in [0.29, 0.717) is 6.54 Å². The zero-order chi connectivity index (χ0) is 18.8. The first-order valence-corrected chi connectivity index (χ1v) is 8.68. The van der Waals surface area contributed by atoms with Gasteiger partial charge in [0.05, 0.1) is 12.6 Å². The minimum Gasteiger partial charge on any atom is -0.444 e. The first kappa shape index (κ1) is 19.2. The van der Waals surface area contributed by atoms with Gasteiger partial charge < -0.3 is 14.7 Å². The van der Waals surface area contributed by atoms with Gasteiger partial charge in [0.15, 0.2) is 0 Å². The maximum Gasteiger partial charge on any atom is 0.411 e. The van der Waals surface area contributed by atoms with Gasteiger partial charge in [-0.05, 0) is 52.3 Å². The molecule has 2 rings (SSSR count). The van der Waals surface area contributed by atoms with Crippen LogP contribution < -0.4 is 4.90 Å². The van der Waals surface area contributed by atoms with Crippen molar-refractivity contribution in [2.24, 2.45) is 0 Å². The van der Waals surface area contributed by atoms with Crippen LogP contribution >= 0.6 is 0 Å². The largest absolute Gasteiger partial charge is 0.444 e. The minimum atomic E-state index is -0.724. The molecule has 0 saturated carbocycles. The molecule has 1 aromatic rings. The van der Waals surface area contributed by atoms with Crippen LogP contribution in [0.3, 0.4) is 0 Å². The van der Waals surface area contributed by atoms with Gasteiger partial charge in [-0.1, -0.05) is 12.1 Å². The number of anilines is 1. The summed E-state index contributed by atoms with van der Waals surface area (Å²) in [7, 11) is 0. The Morgan fingerprint density at radius 1 is 1.36 bits per heavy atom. The van der Waals surface area contributed by atoms with Crippen LogP contribution in [0.2, 0.25) is 0 Å². The summed E-state index contributed by atoms with van der Waals surface area (Å²) in [6.45, 7) is 9.78. The SMILES string of the molecule is CCN(C(=O)[C@@H]1C[C@@H](O)CN1C(=O)OC(C)(C)C)c1cccc(C)c1. The van der Waals surface area contributed by atoms with Crippen molar-refractivity contribution >= 4 is 17.7 Å². The number of hydrogen-bond acceptors (Lipinski definition) is 4. The molecule has 0 unspecified atom stereocenters. The lowest BCUT2D eigenvalue weighted by molar-refractivity contribution is -0.122. The summed E-state index contributed by atoms with van der Waals surface area (Å²) in [5, 5.41) is 10.0. The van der Waals surface area contributed by atoms with Gasteiger partial charge in [0, 0.05) is 18.7 Å². The van der Waals surface area contributed by atoms with E-state index >= 15 is 0 Å². The van der Waals surface area contributed by atoms with Crippen LogP contribution in [0.1, 0.15) is 39.7 Å². The zero-order valence-corrected chi connectivity index (χ0v) is 15.7. The van der Waals surface area contributed by atoms with Crippen molar-refractivity contribution in [3.8, 4) is 0 Å². The second-order valence-corrected chi connectivity index (χ2v) is 7.46. The number of aliphatic hydroxyl groups excluding tert-OH is 1. The molecule has 1 fully saturated rings. The van der Waals surface area contributed by atoms with Crippen molar-refractivity contribution in [1.29, 1.82) is 0 Å². The molecule has 138 valence electrons. The van der Waals surface area contributed by atoms with Gasteiger partial charge in [0.25, 0.3) is 0 Å². The Morgan fingerprint density at radius 2 is 2.04 bits per heavy atom. The molecule has 6 heteroatoms. The lowest BCUT2D eigenvalue weighted by Gasteiger charge is -2.31. The molecule has 1 heterocycles. The highest BCUT2D eigenvalue weighted by atomic mass is 16.6. The van der Waals surface area contributed by atoms with Crippen molar-refractivity contribution in [1.82, 2.24) is 4.90 Å². The van der Waals surface area contributed by atoms with E-state index in [9.17, 15) is 14.7 Å². The van der Waals surface area contributed by atoms with Crippen LogP contribution in [0.4, 0.5) is 10.5 Å². The standard InChI is InChI=1S/C19H28N2O4/c1-6-20(14-9-7-8-13(2)10-14)17(23)16-11-15(22)12-21(16)18(24)25-19(3,4)5/h7-10,15-16,22H,6,11-12H2,1-5H3/t15-,16+/m1/s1. The Bertz CT molecular complexity index is 639. The molecule has 1 N–H and O–H groups in total. The molecular formula is C19H28N2O4. The van der Waals surface area contributed by atoms with Crippen LogP contribution in [0.5, 0.6) is 0 Å². The molecule has 1 aliphatic heterocycles. The van der Waals surface area contributed by atoms with Gasteiger partial charge in [0.1, 0.15) is 11.6 Å². The molecule has 0 spiro atoms. The summed E-state index contributed by atoms with van der Waals surface area (Å²) in [5.74, 6) is -0.199. The molecule has 1 saturated heterocycles.